The van der Waals surface area contributed by atoms with E-state index in [1.807, 2.05) is 23.7 Å². The first-order valence-electron chi connectivity index (χ1n) is 4.42. The molecule has 0 aliphatic carbocycles. The Bertz CT molecular complexity index is 379. The maximum absolute atomic E-state index is 5.18. The quantitative estimate of drug-likeness (QED) is 0.774. The molecule has 0 spiro atoms. The monoisotopic (exact) mass is 192 g/mol. The maximum atomic E-state index is 5.18. The minimum absolute atomic E-state index is 0.692. The van der Waals surface area contributed by atoms with Crippen LogP contribution in [0.3, 0.4) is 0 Å². The van der Waals surface area contributed by atoms with E-state index in [1.54, 1.807) is 12.6 Å². The number of nitrogens with one attached hydrogen (secondary N) is 1. The van der Waals surface area contributed by atoms with Crippen molar-refractivity contribution in [3.63, 3.8) is 0 Å². The summed E-state index contributed by atoms with van der Waals surface area (Å²) < 4.78 is 7.06. The van der Waals surface area contributed by atoms with Crippen molar-refractivity contribution in [2.75, 3.05) is 0 Å². The van der Waals surface area contributed by atoms with Crippen molar-refractivity contribution < 1.29 is 4.42 Å². The van der Waals surface area contributed by atoms with Gasteiger partial charge < -0.3 is 14.3 Å². The zero-order valence-corrected chi connectivity index (χ0v) is 7.97. The van der Waals surface area contributed by atoms with E-state index in [0.29, 0.717) is 13.1 Å². The number of rotatable bonds is 4. The van der Waals surface area contributed by atoms with Crippen LogP contribution < -0.4 is 5.32 Å². The number of hydrogen-bond donors (Lipinski definition) is 1. The highest BCUT2D eigenvalue weighted by Gasteiger charge is 2.00. The second-order valence-electron chi connectivity index (χ2n) is 3.04. The molecule has 5 nitrogen and oxygen atoms in total. The predicted molar refractivity (Wildman–Crippen MR) is 50.3 cm³/mol. The normalized spacial score (nSPS) is 10.6. The smallest absolute Gasteiger partial charge is 0.146 e. The van der Waals surface area contributed by atoms with E-state index in [2.05, 4.69) is 15.5 Å². The third-order valence-electron chi connectivity index (χ3n) is 1.97. The Morgan fingerprint density at radius 2 is 2.43 bits per heavy atom. The SMILES string of the molecule is Cn1cnnc1CNCc1ccco1. The molecule has 0 bridgehead atoms. The average molecular weight is 192 g/mol. The van der Waals surface area contributed by atoms with Gasteiger partial charge in [0, 0.05) is 7.05 Å². The van der Waals surface area contributed by atoms with Crippen LogP contribution in [0, 0.1) is 0 Å². The van der Waals surface area contributed by atoms with E-state index in [4.69, 9.17) is 4.42 Å². The van der Waals surface area contributed by atoms with Crippen LogP contribution in [0.2, 0.25) is 0 Å². The third-order valence-corrected chi connectivity index (χ3v) is 1.97. The summed E-state index contributed by atoms with van der Waals surface area (Å²) in [5.41, 5.74) is 0. The molecule has 0 saturated heterocycles. The summed E-state index contributed by atoms with van der Waals surface area (Å²) in [7, 11) is 1.92. The van der Waals surface area contributed by atoms with Crippen LogP contribution in [0.4, 0.5) is 0 Å². The van der Waals surface area contributed by atoms with E-state index in [0.717, 1.165) is 11.6 Å². The Balaban J connectivity index is 1.81. The van der Waals surface area contributed by atoms with Crippen molar-refractivity contribution in [3.8, 4) is 0 Å². The van der Waals surface area contributed by atoms with Crippen molar-refractivity contribution in [2.24, 2.45) is 7.05 Å². The molecule has 2 heterocycles. The molecular formula is C9H12N4O. The lowest BCUT2D eigenvalue weighted by molar-refractivity contribution is 0.478. The molecule has 1 N–H and O–H groups in total. The Morgan fingerprint density at radius 3 is 3.07 bits per heavy atom. The zero-order valence-electron chi connectivity index (χ0n) is 7.97. The minimum Gasteiger partial charge on any atom is -0.468 e. The highest BCUT2D eigenvalue weighted by Crippen LogP contribution is 1.99. The fourth-order valence-corrected chi connectivity index (χ4v) is 1.18. The van der Waals surface area contributed by atoms with Gasteiger partial charge in [-0.2, -0.15) is 0 Å². The van der Waals surface area contributed by atoms with Crippen LogP contribution in [-0.4, -0.2) is 14.8 Å². The van der Waals surface area contributed by atoms with Gasteiger partial charge in [-0.05, 0) is 12.1 Å². The fourth-order valence-electron chi connectivity index (χ4n) is 1.18. The summed E-state index contributed by atoms with van der Waals surface area (Å²) in [4.78, 5) is 0. The molecular weight excluding hydrogens is 180 g/mol. The molecule has 0 radical (unpaired) electrons. The molecule has 2 aromatic heterocycles. The second-order valence-corrected chi connectivity index (χ2v) is 3.04. The molecule has 0 unspecified atom stereocenters. The van der Waals surface area contributed by atoms with Gasteiger partial charge >= 0.3 is 0 Å². The van der Waals surface area contributed by atoms with Crippen LogP contribution >= 0.6 is 0 Å². The third kappa shape index (κ3) is 2.00. The van der Waals surface area contributed by atoms with Crippen LogP contribution in [0.1, 0.15) is 11.6 Å². The van der Waals surface area contributed by atoms with Gasteiger partial charge in [0.1, 0.15) is 17.9 Å². The lowest BCUT2D eigenvalue weighted by Gasteiger charge is -2.01. The fraction of sp³-hybridized carbons (Fsp3) is 0.333. The van der Waals surface area contributed by atoms with Gasteiger partial charge in [0.05, 0.1) is 19.4 Å². The first kappa shape index (κ1) is 8.96. The molecule has 74 valence electrons. The summed E-state index contributed by atoms with van der Waals surface area (Å²) in [6, 6.07) is 3.81. The summed E-state index contributed by atoms with van der Waals surface area (Å²) in [6.45, 7) is 1.40. The summed E-state index contributed by atoms with van der Waals surface area (Å²) >= 11 is 0. The van der Waals surface area contributed by atoms with Gasteiger partial charge in [-0.3, -0.25) is 0 Å². The maximum Gasteiger partial charge on any atom is 0.146 e. The van der Waals surface area contributed by atoms with Gasteiger partial charge in [-0.1, -0.05) is 0 Å². The Labute approximate surface area is 81.8 Å². The van der Waals surface area contributed by atoms with Gasteiger partial charge in [-0.15, -0.1) is 10.2 Å². The van der Waals surface area contributed by atoms with E-state index >= 15 is 0 Å². The minimum atomic E-state index is 0.692. The van der Waals surface area contributed by atoms with Crippen LogP contribution in [0.15, 0.2) is 29.1 Å². The van der Waals surface area contributed by atoms with E-state index in [9.17, 15) is 0 Å². The van der Waals surface area contributed by atoms with Crippen molar-refractivity contribution >= 4 is 0 Å². The molecule has 5 heteroatoms. The van der Waals surface area contributed by atoms with E-state index < -0.39 is 0 Å². The van der Waals surface area contributed by atoms with Crippen LogP contribution in [0.5, 0.6) is 0 Å². The lowest BCUT2D eigenvalue weighted by Crippen LogP contribution is -2.15. The summed E-state index contributed by atoms with van der Waals surface area (Å²) in [5.74, 6) is 1.84. The summed E-state index contributed by atoms with van der Waals surface area (Å²) in [5, 5.41) is 11.0. The first-order chi connectivity index (χ1) is 6.86. The second kappa shape index (κ2) is 4.06. The largest absolute Gasteiger partial charge is 0.468 e. The number of nitrogens with zero attached hydrogens (tertiary/aromatic N) is 3. The number of aromatic nitrogens is 3. The van der Waals surface area contributed by atoms with Crippen LogP contribution in [0.25, 0.3) is 0 Å². The molecule has 14 heavy (non-hydrogen) atoms. The van der Waals surface area contributed by atoms with Crippen molar-refractivity contribution in [2.45, 2.75) is 13.1 Å². The topological polar surface area (TPSA) is 55.9 Å². The molecule has 2 aromatic rings. The molecule has 0 amide bonds. The van der Waals surface area contributed by atoms with Gasteiger partial charge in [0.2, 0.25) is 0 Å². The van der Waals surface area contributed by atoms with Gasteiger partial charge in [0.25, 0.3) is 0 Å². The molecule has 0 fully saturated rings. The molecule has 0 saturated carbocycles. The first-order valence-corrected chi connectivity index (χ1v) is 4.42. The molecule has 0 atom stereocenters. The van der Waals surface area contributed by atoms with Crippen LogP contribution in [-0.2, 0) is 20.1 Å². The standard InChI is InChI=1S/C9H12N4O/c1-13-7-11-12-9(13)6-10-5-8-3-2-4-14-8/h2-4,7,10H,5-6H2,1H3. The number of aryl methyl sites for hydroxylation is 1. The van der Waals surface area contributed by atoms with Crippen molar-refractivity contribution in [1.29, 1.82) is 0 Å². The van der Waals surface area contributed by atoms with Crippen molar-refractivity contribution in [3.05, 3.63) is 36.3 Å². The van der Waals surface area contributed by atoms with Gasteiger partial charge in [-0.25, -0.2) is 0 Å². The molecule has 0 aliphatic heterocycles. The Kier molecular flexibility index (Phi) is 2.60. The molecule has 2 rings (SSSR count). The summed E-state index contributed by atoms with van der Waals surface area (Å²) in [6.07, 6.45) is 3.35. The predicted octanol–water partition coefficient (Wildman–Crippen LogP) is 0.698. The highest BCUT2D eigenvalue weighted by molar-refractivity contribution is 4.97. The average Bonchev–Trinajstić information content (AvgIpc) is 2.78. The zero-order chi connectivity index (χ0) is 9.80. The van der Waals surface area contributed by atoms with E-state index in [1.165, 1.54) is 0 Å². The lowest BCUT2D eigenvalue weighted by atomic mass is 10.4. The highest BCUT2D eigenvalue weighted by atomic mass is 16.3. The molecule has 0 aromatic carbocycles. The molecule has 0 aliphatic rings. The van der Waals surface area contributed by atoms with Gasteiger partial charge in [0.15, 0.2) is 0 Å². The van der Waals surface area contributed by atoms with Crippen molar-refractivity contribution in [1.82, 2.24) is 20.1 Å². The van der Waals surface area contributed by atoms with E-state index in [-0.39, 0.29) is 0 Å². The number of hydrogen-bond acceptors (Lipinski definition) is 4. The Hall–Kier alpha value is -1.62. The number of furan rings is 1. The Morgan fingerprint density at radius 1 is 1.50 bits per heavy atom.